The number of likely N-dealkylation sites (tertiary alicyclic amines) is 1. The van der Waals surface area contributed by atoms with Crippen LogP contribution in [0.4, 0.5) is 0 Å². The lowest BCUT2D eigenvalue weighted by Crippen LogP contribution is -2.41. The summed E-state index contributed by atoms with van der Waals surface area (Å²) in [6.45, 7) is 3.63. The van der Waals surface area contributed by atoms with Crippen LogP contribution in [0.3, 0.4) is 0 Å². The zero-order valence-electron chi connectivity index (χ0n) is 14.6. The van der Waals surface area contributed by atoms with E-state index in [0.717, 1.165) is 44.6 Å². The Kier molecular flexibility index (Phi) is 4.84. The van der Waals surface area contributed by atoms with Gasteiger partial charge in [0.2, 0.25) is 0 Å². The molecule has 1 aliphatic heterocycles. The number of benzene rings is 1. The predicted octanol–water partition coefficient (Wildman–Crippen LogP) is 3.07. The summed E-state index contributed by atoms with van der Waals surface area (Å²) < 4.78 is 5.96. The van der Waals surface area contributed by atoms with E-state index in [2.05, 4.69) is 46.3 Å². The van der Waals surface area contributed by atoms with E-state index in [9.17, 15) is 0 Å². The number of aliphatic hydroxyl groups is 1. The first-order chi connectivity index (χ1) is 12.3. The zero-order valence-corrected chi connectivity index (χ0v) is 14.6. The molecule has 1 fully saturated rings. The van der Waals surface area contributed by atoms with Gasteiger partial charge in [-0.3, -0.25) is 9.88 Å². The van der Waals surface area contributed by atoms with Gasteiger partial charge < -0.3 is 9.84 Å². The van der Waals surface area contributed by atoms with Crippen molar-refractivity contribution >= 4 is 0 Å². The topological polar surface area (TPSA) is 45.6 Å². The zero-order chi connectivity index (χ0) is 17.1. The van der Waals surface area contributed by atoms with Gasteiger partial charge in [0.15, 0.2) is 0 Å². The molecule has 1 spiro atoms. The van der Waals surface area contributed by atoms with Crippen molar-refractivity contribution in [2.24, 2.45) is 0 Å². The maximum Gasteiger partial charge on any atom is 0.0837 e. The van der Waals surface area contributed by atoms with Gasteiger partial charge >= 0.3 is 0 Å². The second kappa shape index (κ2) is 7.24. The number of hydrogen-bond donors (Lipinski definition) is 1. The molecule has 1 saturated heterocycles. The summed E-state index contributed by atoms with van der Waals surface area (Å²) in [5.74, 6) is 0. The maximum absolute atomic E-state index is 9.11. The molecule has 25 heavy (non-hydrogen) atoms. The third-order valence-electron chi connectivity index (χ3n) is 5.79. The Hall–Kier alpha value is -1.75. The van der Waals surface area contributed by atoms with Gasteiger partial charge in [-0.25, -0.2) is 0 Å². The molecular weight excluding hydrogens is 312 g/mol. The van der Waals surface area contributed by atoms with Crippen LogP contribution in [0.25, 0.3) is 0 Å². The minimum absolute atomic E-state index is 0.0868. The van der Waals surface area contributed by atoms with Crippen LogP contribution in [0.2, 0.25) is 0 Å². The summed E-state index contributed by atoms with van der Waals surface area (Å²) in [7, 11) is 0. The van der Waals surface area contributed by atoms with E-state index >= 15 is 0 Å². The number of nitrogens with zero attached hydrogens (tertiary/aromatic N) is 2. The highest BCUT2D eigenvalue weighted by molar-refractivity contribution is 5.42. The van der Waals surface area contributed by atoms with Crippen LogP contribution in [0.1, 0.15) is 42.2 Å². The first kappa shape index (κ1) is 16.7. The van der Waals surface area contributed by atoms with Crippen LogP contribution in [-0.2, 0) is 16.7 Å². The lowest BCUT2D eigenvalue weighted by Gasteiger charge is -2.40. The molecule has 1 aliphatic carbocycles. The minimum Gasteiger partial charge on any atom is -0.394 e. The summed E-state index contributed by atoms with van der Waals surface area (Å²) in [5.41, 5.74) is 4.18. The molecule has 1 aromatic carbocycles. The van der Waals surface area contributed by atoms with Crippen molar-refractivity contribution in [2.75, 3.05) is 26.3 Å². The van der Waals surface area contributed by atoms with Gasteiger partial charge in [0.25, 0.3) is 0 Å². The summed E-state index contributed by atoms with van der Waals surface area (Å²) in [6, 6.07) is 14.9. The fraction of sp³-hybridized carbons (Fsp3) is 0.476. The van der Waals surface area contributed by atoms with E-state index in [1.807, 2.05) is 12.3 Å². The summed E-state index contributed by atoms with van der Waals surface area (Å²) in [6.07, 6.45) is 5.37. The minimum atomic E-state index is 0.0868. The highest BCUT2D eigenvalue weighted by Crippen LogP contribution is 2.51. The maximum atomic E-state index is 9.11. The first-order valence-corrected chi connectivity index (χ1v) is 9.25. The van der Waals surface area contributed by atoms with Gasteiger partial charge in [-0.1, -0.05) is 30.3 Å². The van der Waals surface area contributed by atoms with E-state index in [-0.39, 0.29) is 18.1 Å². The molecule has 4 nitrogen and oxygen atoms in total. The van der Waals surface area contributed by atoms with E-state index in [0.29, 0.717) is 6.61 Å². The Morgan fingerprint density at radius 1 is 1.12 bits per heavy atom. The normalized spacial score (nSPS) is 22.2. The van der Waals surface area contributed by atoms with Crippen molar-refractivity contribution in [2.45, 2.75) is 37.3 Å². The van der Waals surface area contributed by atoms with Gasteiger partial charge in [-0.2, -0.15) is 0 Å². The number of aliphatic hydroxyl groups excluding tert-OH is 1. The molecule has 4 heteroatoms. The molecule has 1 N–H and O–H groups in total. The third-order valence-corrected chi connectivity index (χ3v) is 5.79. The molecule has 132 valence electrons. The molecule has 1 unspecified atom stereocenters. The Morgan fingerprint density at radius 3 is 2.68 bits per heavy atom. The standard InChI is InChI=1S/C21H26N2O2/c24-13-14-25-20-15-21(19-7-2-1-6-18(19)20)8-11-23(12-9-21)16-17-5-3-4-10-22-17/h1-7,10,20,24H,8-9,11-16H2. The monoisotopic (exact) mass is 338 g/mol. The Bertz CT molecular complexity index is 696. The van der Waals surface area contributed by atoms with Crippen LogP contribution in [-0.4, -0.2) is 41.3 Å². The number of rotatable bonds is 5. The molecule has 2 aliphatic rings. The van der Waals surface area contributed by atoms with Gasteiger partial charge in [0, 0.05) is 18.2 Å². The number of pyridine rings is 1. The van der Waals surface area contributed by atoms with Gasteiger partial charge in [0.05, 0.1) is 25.0 Å². The van der Waals surface area contributed by atoms with Crippen LogP contribution >= 0.6 is 0 Å². The van der Waals surface area contributed by atoms with Crippen molar-refractivity contribution in [1.82, 2.24) is 9.88 Å². The second-order valence-corrected chi connectivity index (χ2v) is 7.25. The Labute approximate surface area is 149 Å². The molecule has 0 bridgehead atoms. The molecule has 0 amide bonds. The fourth-order valence-corrected chi connectivity index (χ4v) is 4.51. The average Bonchev–Trinajstić information content (AvgIpc) is 2.97. The fourth-order valence-electron chi connectivity index (χ4n) is 4.51. The van der Waals surface area contributed by atoms with E-state index in [4.69, 9.17) is 9.84 Å². The highest BCUT2D eigenvalue weighted by Gasteiger charge is 2.45. The van der Waals surface area contributed by atoms with Crippen LogP contribution in [0.15, 0.2) is 48.7 Å². The van der Waals surface area contributed by atoms with Gasteiger partial charge in [-0.05, 0) is 55.6 Å². The van der Waals surface area contributed by atoms with Gasteiger partial charge in [0.1, 0.15) is 0 Å². The van der Waals surface area contributed by atoms with Gasteiger partial charge in [-0.15, -0.1) is 0 Å². The molecule has 4 rings (SSSR count). The largest absolute Gasteiger partial charge is 0.394 e. The number of aromatic nitrogens is 1. The summed E-state index contributed by atoms with van der Waals surface area (Å²) >= 11 is 0. The van der Waals surface area contributed by atoms with Crippen molar-refractivity contribution < 1.29 is 9.84 Å². The average molecular weight is 338 g/mol. The smallest absolute Gasteiger partial charge is 0.0837 e. The quantitative estimate of drug-likeness (QED) is 0.910. The molecule has 1 atom stereocenters. The van der Waals surface area contributed by atoms with Crippen molar-refractivity contribution in [3.8, 4) is 0 Å². The van der Waals surface area contributed by atoms with Crippen molar-refractivity contribution in [3.05, 3.63) is 65.5 Å². The lowest BCUT2D eigenvalue weighted by atomic mass is 9.73. The Morgan fingerprint density at radius 2 is 1.92 bits per heavy atom. The van der Waals surface area contributed by atoms with Crippen LogP contribution in [0, 0.1) is 0 Å². The van der Waals surface area contributed by atoms with E-state index in [1.165, 1.54) is 11.1 Å². The molecule has 2 aromatic rings. The third kappa shape index (κ3) is 3.34. The van der Waals surface area contributed by atoms with E-state index in [1.54, 1.807) is 0 Å². The molecule has 1 aromatic heterocycles. The lowest BCUT2D eigenvalue weighted by molar-refractivity contribution is 0.0127. The first-order valence-electron chi connectivity index (χ1n) is 9.25. The van der Waals surface area contributed by atoms with Crippen LogP contribution in [0.5, 0.6) is 0 Å². The molecule has 2 heterocycles. The van der Waals surface area contributed by atoms with E-state index < -0.39 is 0 Å². The SMILES string of the molecule is OCCOC1CC2(CCN(Cc3ccccn3)CC2)c2ccccc21. The number of piperidine rings is 1. The summed E-state index contributed by atoms with van der Waals surface area (Å²) in [5, 5.41) is 9.11. The summed E-state index contributed by atoms with van der Waals surface area (Å²) in [4.78, 5) is 6.97. The molecule has 0 radical (unpaired) electrons. The number of ether oxygens (including phenoxy) is 1. The molecular formula is C21H26N2O2. The Balaban J connectivity index is 1.47. The van der Waals surface area contributed by atoms with Crippen molar-refractivity contribution in [3.63, 3.8) is 0 Å². The van der Waals surface area contributed by atoms with Crippen molar-refractivity contribution in [1.29, 1.82) is 0 Å². The number of hydrogen-bond acceptors (Lipinski definition) is 4. The molecule has 0 saturated carbocycles. The highest BCUT2D eigenvalue weighted by atomic mass is 16.5. The predicted molar refractivity (Wildman–Crippen MR) is 97.3 cm³/mol. The van der Waals surface area contributed by atoms with Crippen LogP contribution < -0.4 is 0 Å². The second-order valence-electron chi connectivity index (χ2n) is 7.25. The number of fused-ring (bicyclic) bond motifs is 2.